The Labute approximate surface area is 126 Å². The van der Waals surface area contributed by atoms with E-state index < -0.39 is 17.8 Å². The summed E-state index contributed by atoms with van der Waals surface area (Å²) in [5.41, 5.74) is 5.59. The number of nitrogens with two attached hydrogens (primary N) is 1. The van der Waals surface area contributed by atoms with Gasteiger partial charge in [0.05, 0.1) is 5.02 Å². The second-order valence-corrected chi connectivity index (χ2v) is 5.53. The molecule has 21 heavy (non-hydrogen) atoms. The normalized spacial score (nSPS) is 18.4. The van der Waals surface area contributed by atoms with Crippen LogP contribution in [0.1, 0.15) is 24.4 Å². The van der Waals surface area contributed by atoms with Crippen LogP contribution in [0.15, 0.2) is 18.2 Å². The van der Waals surface area contributed by atoms with E-state index in [2.05, 4.69) is 0 Å². The lowest BCUT2D eigenvalue weighted by atomic mass is 9.93. The van der Waals surface area contributed by atoms with E-state index in [4.69, 9.17) is 17.3 Å². The van der Waals surface area contributed by atoms with E-state index in [0.29, 0.717) is 31.5 Å². The van der Waals surface area contributed by atoms with Gasteiger partial charge in [-0.2, -0.15) is 0 Å². The van der Waals surface area contributed by atoms with E-state index in [1.165, 1.54) is 12.1 Å². The lowest BCUT2D eigenvalue weighted by molar-refractivity contribution is -0.144. The second-order valence-electron chi connectivity index (χ2n) is 5.13. The Morgan fingerprint density at radius 1 is 1.38 bits per heavy atom. The van der Waals surface area contributed by atoms with Crippen molar-refractivity contribution in [2.24, 2.45) is 11.7 Å². The highest BCUT2D eigenvalue weighted by atomic mass is 35.5. The van der Waals surface area contributed by atoms with E-state index in [1.54, 1.807) is 4.90 Å². The van der Waals surface area contributed by atoms with Crippen LogP contribution in [-0.4, -0.2) is 35.0 Å². The van der Waals surface area contributed by atoms with E-state index in [0.717, 1.165) is 6.07 Å². The molecule has 3 N–H and O–H groups in total. The predicted molar refractivity (Wildman–Crippen MR) is 75.3 cm³/mol. The van der Waals surface area contributed by atoms with Gasteiger partial charge in [0.15, 0.2) is 0 Å². The van der Waals surface area contributed by atoms with Gasteiger partial charge >= 0.3 is 5.97 Å². The molecule has 1 amide bonds. The van der Waals surface area contributed by atoms with Gasteiger partial charge in [-0.3, -0.25) is 14.5 Å². The summed E-state index contributed by atoms with van der Waals surface area (Å²) in [5, 5.41) is 9.38. The van der Waals surface area contributed by atoms with Gasteiger partial charge in [-0.1, -0.05) is 17.7 Å². The molecule has 0 bridgehead atoms. The first-order chi connectivity index (χ1) is 9.90. The number of likely N-dealkylation sites (tertiary alicyclic amines) is 1. The number of piperidine rings is 1. The number of carbonyl (C=O) groups excluding carboxylic acids is 1. The molecule has 1 saturated heterocycles. The highest BCUT2D eigenvalue weighted by molar-refractivity contribution is 6.30. The molecule has 1 unspecified atom stereocenters. The first-order valence-electron chi connectivity index (χ1n) is 6.61. The second kappa shape index (κ2) is 6.41. The van der Waals surface area contributed by atoms with Crippen molar-refractivity contribution in [3.8, 4) is 0 Å². The lowest BCUT2D eigenvalue weighted by Gasteiger charge is -2.34. The molecule has 1 aromatic rings. The van der Waals surface area contributed by atoms with Crippen LogP contribution in [0.4, 0.5) is 4.39 Å². The van der Waals surface area contributed by atoms with Crippen LogP contribution >= 0.6 is 11.6 Å². The molecule has 7 heteroatoms. The van der Waals surface area contributed by atoms with Gasteiger partial charge in [-0.25, -0.2) is 4.39 Å². The number of halogens is 2. The summed E-state index contributed by atoms with van der Waals surface area (Å²) in [6, 6.07) is 3.04. The Morgan fingerprint density at radius 2 is 2.00 bits per heavy atom. The Balaban J connectivity index is 2.18. The molecule has 1 fully saturated rings. The number of hydrogen-bond donors (Lipinski definition) is 2. The molecular formula is C14H16ClFN2O3. The van der Waals surface area contributed by atoms with Gasteiger partial charge in [0, 0.05) is 19.0 Å². The molecule has 0 spiro atoms. The molecule has 1 aliphatic rings. The summed E-state index contributed by atoms with van der Waals surface area (Å²) in [4.78, 5) is 24.4. The summed E-state index contributed by atoms with van der Waals surface area (Å²) in [6.45, 7) is 0.851. The van der Waals surface area contributed by atoms with Crippen LogP contribution in [0, 0.1) is 11.7 Å². The number of carboxylic acid groups (broad SMARTS) is 1. The van der Waals surface area contributed by atoms with Crippen molar-refractivity contribution in [2.75, 3.05) is 13.1 Å². The van der Waals surface area contributed by atoms with Gasteiger partial charge in [0.1, 0.15) is 11.9 Å². The standard InChI is InChI=1S/C14H16ClFN2O3/c15-10-2-1-9(7-11(10)16)12(14(20)21)18-5-3-8(4-6-18)13(17)19/h1-2,7-8,12H,3-6H2,(H2,17,19)(H,20,21). The van der Waals surface area contributed by atoms with Gasteiger partial charge < -0.3 is 10.8 Å². The number of rotatable bonds is 4. The number of carboxylic acids is 1. The first kappa shape index (κ1) is 15.7. The fourth-order valence-electron chi connectivity index (χ4n) is 2.63. The van der Waals surface area contributed by atoms with Crippen LogP contribution in [0.5, 0.6) is 0 Å². The molecule has 1 aromatic carbocycles. The van der Waals surface area contributed by atoms with Crippen LogP contribution in [0.25, 0.3) is 0 Å². The zero-order valence-corrected chi connectivity index (χ0v) is 12.0. The Morgan fingerprint density at radius 3 is 2.48 bits per heavy atom. The molecule has 1 atom stereocenters. The monoisotopic (exact) mass is 314 g/mol. The van der Waals surface area contributed by atoms with E-state index >= 15 is 0 Å². The van der Waals surface area contributed by atoms with E-state index in [1.807, 2.05) is 0 Å². The zero-order valence-electron chi connectivity index (χ0n) is 11.3. The molecule has 5 nitrogen and oxygen atoms in total. The smallest absolute Gasteiger partial charge is 0.325 e. The van der Waals surface area contributed by atoms with Gasteiger partial charge in [0.25, 0.3) is 0 Å². The fourth-order valence-corrected chi connectivity index (χ4v) is 2.75. The minimum Gasteiger partial charge on any atom is -0.480 e. The summed E-state index contributed by atoms with van der Waals surface area (Å²) in [6.07, 6.45) is 1.02. The van der Waals surface area contributed by atoms with E-state index in [-0.39, 0.29) is 16.8 Å². The van der Waals surface area contributed by atoms with Crippen molar-refractivity contribution in [2.45, 2.75) is 18.9 Å². The molecule has 0 aromatic heterocycles. The minimum absolute atomic E-state index is 0.0460. The lowest BCUT2D eigenvalue weighted by Crippen LogP contribution is -2.42. The number of primary amides is 1. The van der Waals surface area contributed by atoms with Gasteiger partial charge in [0.2, 0.25) is 5.91 Å². The predicted octanol–water partition coefficient (Wildman–Crippen LogP) is 1.80. The largest absolute Gasteiger partial charge is 0.480 e. The van der Waals surface area contributed by atoms with Crippen molar-refractivity contribution >= 4 is 23.5 Å². The fraction of sp³-hybridized carbons (Fsp3) is 0.429. The van der Waals surface area contributed by atoms with Crippen LogP contribution in [0.2, 0.25) is 5.02 Å². The van der Waals surface area contributed by atoms with Crippen molar-refractivity contribution < 1.29 is 19.1 Å². The zero-order chi connectivity index (χ0) is 15.6. The van der Waals surface area contributed by atoms with Crippen LogP contribution in [-0.2, 0) is 9.59 Å². The third-order valence-electron chi connectivity index (χ3n) is 3.79. The van der Waals surface area contributed by atoms with Gasteiger partial charge in [-0.05, 0) is 30.5 Å². The molecule has 0 radical (unpaired) electrons. The topological polar surface area (TPSA) is 83.6 Å². The average Bonchev–Trinajstić information content (AvgIpc) is 2.43. The summed E-state index contributed by atoms with van der Waals surface area (Å²) in [7, 11) is 0. The van der Waals surface area contributed by atoms with Gasteiger partial charge in [-0.15, -0.1) is 0 Å². The quantitative estimate of drug-likeness (QED) is 0.887. The minimum atomic E-state index is -1.06. The van der Waals surface area contributed by atoms with Crippen molar-refractivity contribution in [1.29, 1.82) is 0 Å². The summed E-state index contributed by atoms with van der Waals surface area (Å²) < 4.78 is 13.5. The SMILES string of the molecule is NC(=O)C1CCN(C(C(=O)O)c2ccc(Cl)c(F)c2)CC1. The summed E-state index contributed by atoms with van der Waals surface area (Å²) >= 11 is 5.62. The molecule has 0 saturated carbocycles. The van der Waals surface area contributed by atoms with Crippen molar-refractivity contribution in [1.82, 2.24) is 4.90 Å². The number of benzene rings is 1. The number of hydrogen-bond acceptors (Lipinski definition) is 3. The number of amides is 1. The first-order valence-corrected chi connectivity index (χ1v) is 6.99. The Hall–Kier alpha value is -1.66. The molecule has 1 aliphatic heterocycles. The average molecular weight is 315 g/mol. The summed E-state index contributed by atoms with van der Waals surface area (Å²) in [5.74, 6) is -2.29. The maximum atomic E-state index is 13.5. The van der Waals surface area contributed by atoms with Crippen molar-refractivity contribution in [3.05, 3.63) is 34.6 Å². The van der Waals surface area contributed by atoms with Crippen LogP contribution < -0.4 is 5.73 Å². The molecule has 1 heterocycles. The molecule has 0 aliphatic carbocycles. The Bertz CT molecular complexity index is 559. The molecule has 114 valence electrons. The van der Waals surface area contributed by atoms with Crippen molar-refractivity contribution in [3.63, 3.8) is 0 Å². The van der Waals surface area contributed by atoms with Crippen LogP contribution in [0.3, 0.4) is 0 Å². The maximum absolute atomic E-state index is 13.5. The maximum Gasteiger partial charge on any atom is 0.325 e. The highest BCUT2D eigenvalue weighted by Gasteiger charge is 2.32. The highest BCUT2D eigenvalue weighted by Crippen LogP contribution is 2.29. The number of aliphatic carboxylic acids is 1. The molecular weight excluding hydrogens is 299 g/mol. The number of nitrogens with zero attached hydrogens (tertiary/aromatic N) is 1. The molecule has 2 rings (SSSR count). The third-order valence-corrected chi connectivity index (χ3v) is 4.10. The Kier molecular flexibility index (Phi) is 4.80. The third kappa shape index (κ3) is 3.51. The number of carbonyl (C=O) groups is 2. The van der Waals surface area contributed by atoms with E-state index in [9.17, 15) is 19.1 Å².